The molecule has 8 heteroatoms. The Morgan fingerprint density at radius 2 is 1.94 bits per heavy atom. The molecule has 3 heterocycles. The molecule has 1 atom stereocenters. The number of piperazine rings is 1. The zero-order valence-electron chi connectivity index (χ0n) is 20.7. The maximum atomic E-state index is 12.6. The summed E-state index contributed by atoms with van der Waals surface area (Å²) < 4.78 is 1.69. The second-order valence-electron chi connectivity index (χ2n) is 9.42. The number of amides is 1. The summed E-state index contributed by atoms with van der Waals surface area (Å²) in [5.41, 5.74) is 4.41. The van der Waals surface area contributed by atoms with E-state index >= 15 is 0 Å². The van der Waals surface area contributed by atoms with Crippen LogP contribution in [0.2, 0.25) is 0 Å². The second kappa shape index (κ2) is 10.5. The standard InChI is InChI=1S/C26H36N6O2/c1-18-21(26(34)28-25-24(18)19(2)29-31(25)4)11-12-23(33)27-13-8-14-32-16-15-30(3)17-22(32)20-9-6-5-7-10-20/h5-7,9-10,22H,8,11-17H2,1-4H3,(H,27,33)(H,28,34). The summed E-state index contributed by atoms with van der Waals surface area (Å²) in [7, 11) is 4.00. The minimum Gasteiger partial charge on any atom is -0.356 e. The highest BCUT2D eigenvalue weighted by Gasteiger charge is 2.26. The van der Waals surface area contributed by atoms with Crippen molar-refractivity contribution < 1.29 is 4.79 Å². The first-order chi connectivity index (χ1) is 16.3. The van der Waals surface area contributed by atoms with Gasteiger partial charge in [-0.1, -0.05) is 30.3 Å². The van der Waals surface area contributed by atoms with Gasteiger partial charge in [0.2, 0.25) is 5.91 Å². The van der Waals surface area contributed by atoms with Crippen LogP contribution in [0.1, 0.15) is 41.3 Å². The van der Waals surface area contributed by atoms with E-state index in [2.05, 4.69) is 62.6 Å². The van der Waals surface area contributed by atoms with Crippen molar-refractivity contribution in [2.24, 2.45) is 7.05 Å². The number of carbonyl (C=O) groups excluding carboxylic acids is 1. The Morgan fingerprint density at radius 3 is 2.71 bits per heavy atom. The van der Waals surface area contributed by atoms with Gasteiger partial charge >= 0.3 is 0 Å². The van der Waals surface area contributed by atoms with E-state index in [1.54, 1.807) is 4.68 Å². The zero-order valence-corrected chi connectivity index (χ0v) is 20.7. The van der Waals surface area contributed by atoms with E-state index in [4.69, 9.17) is 0 Å². The van der Waals surface area contributed by atoms with Crippen LogP contribution in [0.5, 0.6) is 0 Å². The van der Waals surface area contributed by atoms with Crippen molar-refractivity contribution in [2.45, 2.75) is 39.2 Å². The highest BCUT2D eigenvalue weighted by Crippen LogP contribution is 2.25. The van der Waals surface area contributed by atoms with Gasteiger partial charge in [0.25, 0.3) is 5.56 Å². The highest BCUT2D eigenvalue weighted by molar-refractivity contribution is 5.83. The lowest BCUT2D eigenvalue weighted by atomic mass is 10.0. The number of aryl methyl sites for hydroxylation is 3. The normalized spacial score (nSPS) is 17.4. The van der Waals surface area contributed by atoms with Gasteiger partial charge in [0.1, 0.15) is 5.65 Å². The SMILES string of the molecule is Cc1nn(C)c2[nH]c(=O)c(CCC(=O)NCCCN3CCN(C)CC3c3ccccc3)c(C)c12. The van der Waals surface area contributed by atoms with Gasteiger partial charge in [-0.15, -0.1) is 0 Å². The molecule has 0 aliphatic carbocycles. The predicted octanol–water partition coefficient (Wildman–Crippen LogP) is 2.31. The molecule has 1 unspecified atom stereocenters. The number of rotatable bonds is 8. The van der Waals surface area contributed by atoms with Gasteiger partial charge < -0.3 is 15.2 Å². The summed E-state index contributed by atoms with van der Waals surface area (Å²) in [5, 5.41) is 8.42. The fourth-order valence-electron chi connectivity index (χ4n) is 5.11. The molecule has 8 nitrogen and oxygen atoms in total. The summed E-state index contributed by atoms with van der Waals surface area (Å²) in [6.07, 6.45) is 1.63. The first-order valence-corrected chi connectivity index (χ1v) is 12.1. The predicted molar refractivity (Wildman–Crippen MR) is 135 cm³/mol. The molecular formula is C26H36N6O2. The Morgan fingerprint density at radius 1 is 1.18 bits per heavy atom. The Balaban J connectivity index is 1.28. The van der Waals surface area contributed by atoms with Gasteiger partial charge in [0.05, 0.1) is 5.69 Å². The number of H-pyrrole nitrogens is 1. The van der Waals surface area contributed by atoms with E-state index in [-0.39, 0.29) is 11.5 Å². The van der Waals surface area contributed by atoms with Crippen molar-refractivity contribution >= 4 is 16.9 Å². The third kappa shape index (κ3) is 5.23. The summed E-state index contributed by atoms with van der Waals surface area (Å²) in [6.45, 7) is 8.58. The Kier molecular flexibility index (Phi) is 7.48. The monoisotopic (exact) mass is 464 g/mol. The number of hydrogen-bond donors (Lipinski definition) is 2. The summed E-state index contributed by atoms with van der Waals surface area (Å²) in [5.74, 6) is -0.0141. The molecule has 0 radical (unpaired) electrons. The van der Waals surface area contributed by atoms with Crippen molar-refractivity contribution in [3.05, 3.63) is 63.1 Å². The van der Waals surface area contributed by atoms with E-state index in [1.807, 2.05) is 20.9 Å². The average molecular weight is 465 g/mol. The van der Waals surface area contributed by atoms with Crippen molar-refractivity contribution in [3.8, 4) is 0 Å². The molecule has 34 heavy (non-hydrogen) atoms. The molecule has 1 amide bonds. The summed E-state index contributed by atoms with van der Waals surface area (Å²) in [6, 6.07) is 11.0. The maximum absolute atomic E-state index is 12.6. The molecule has 2 aromatic heterocycles. The van der Waals surface area contributed by atoms with Gasteiger partial charge in [0.15, 0.2) is 0 Å². The van der Waals surface area contributed by atoms with Gasteiger partial charge in [-0.2, -0.15) is 5.10 Å². The number of benzene rings is 1. The number of hydrogen-bond acceptors (Lipinski definition) is 5. The van der Waals surface area contributed by atoms with Crippen LogP contribution in [-0.2, 0) is 18.3 Å². The van der Waals surface area contributed by atoms with Crippen LogP contribution in [0.4, 0.5) is 0 Å². The van der Waals surface area contributed by atoms with Crippen molar-refractivity contribution in [1.29, 1.82) is 0 Å². The van der Waals surface area contributed by atoms with E-state index < -0.39 is 0 Å². The first-order valence-electron chi connectivity index (χ1n) is 12.1. The van der Waals surface area contributed by atoms with Gasteiger partial charge in [-0.25, -0.2) is 0 Å². The minimum atomic E-state index is -0.136. The fourth-order valence-corrected chi connectivity index (χ4v) is 5.11. The lowest BCUT2D eigenvalue weighted by Gasteiger charge is -2.40. The Hall–Kier alpha value is -2.97. The highest BCUT2D eigenvalue weighted by atomic mass is 16.1. The van der Waals surface area contributed by atoms with Crippen molar-refractivity contribution in [2.75, 3.05) is 39.8 Å². The quantitative estimate of drug-likeness (QED) is 0.500. The third-order valence-corrected chi connectivity index (χ3v) is 6.98. The van der Waals surface area contributed by atoms with Crippen LogP contribution in [0, 0.1) is 13.8 Å². The van der Waals surface area contributed by atoms with E-state index in [0.29, 0.717) is 31.0 Å². The third-order valence-electron chi connectivity index (χ3n) is 6.98. The smallest absolute Gasteiger partial charge is 0.253 e. The Labute approximate surface area is 200 Å². The van der Waals surface area contributed by atoms with Crippen molar-refractivity contribution in [3.63, 3.8) is 0 Å². The van der Waals surface area contributed by atoms with Crippen LogP contribution in [0.3, 0.4) is 0 Å². The summed E-state index contributed by atoms with van der Waals surface area (Å²) >= 11 is 0. The molecule has 0 spiro atoms. The van der Waals surface area contributed by atoms with Gasteiger partial charge in [0, 0.05) is 63.2 Å². The zero-order chi connectivity index (χ0) is 24.2. The molecule has 3 aromatic rings. The molecule has 4 rings (SSSR count). The molecule has 2 N–H and O–H groups in total. The number of pyridine rings is 1. The van der Waals surface area contributed by atoms with Crippen LogP contribution < -0.4 is 10.9 Å². The van der Waals surface area contributed by atoms with E-state index in [0.717, 1.165) is 54.9 Å². The molecule has 1 aliphatic heterocycles. The Bertz CT molecular complexity index is 1200. The number of fused-ring (bicyclic) bond motifs is 1. The molecule has 0 saturated carbocycles. The number of nitrogens with zero attached hydrogens (tertiary/aromatic N) is 4. The molecule has 182 valence electrons. The van der Waals surface area contributed by atoms with Gasteiger partial charge in [-0.3, -0.25) is 19.2 Å². The molecule has 1 aliphatic rings. The first kappa shape index (κ1) is 24.2. The van der Waals surface area contributed by atoms with Crippen LogP contribution in [0.15, 0.2) is 35.1 Å². The molecule has 1 saturated heterocycles. The van der Waals surface area contributed by atoms with E-state index in [1.165, 1.54) is 5.56 Å². The molecule has 1 aromatic carbocycles. The number of nitrogens with one attached hydrogen (secondary N) is 2. The van der Waals surface area contributed by atoms with Crippen LogP contribution in [0.25, 0.3) is 11.0 Å². The number of aromatic amines is 1. The largest absolute Gasteiger partial charge is 0.356 e. The van der Waals surface area contributed by atoms with Crippen LogP contribution in [-0.4, -0.2) is 70.2 Å². The van der Waals surface area contributed by atoms with E-state index in [9.17, 15) is 9.59 Å². The van der Waals surface area contributed by atoms with Crippen molar-refractivity contribution in [1.82, 2.24) is 29.9 Å². The molecular weight excluding hydrogens is 428 g/mol. The summed E-state index contributed by atoms with van der Waals surface area (Å²) in [4.78, 5) is 32.9. The van der Waals surface area contributed by atoms with Gasteiger partial charge in [-0.05, 0) is 44.9 Å². The van der Waals surface area contributed by atoms with Crippen LogP contribution >= 0.6 is 0 Å². The maximum Gasteiger partial charge on any atom is 0.253 e. The lowest BCUT2D eigenvalue weighted by molar-refractivity contribution is -0.121. The average Bonchev–Trinajstić information content (AvgIpc) is 3.10. The fraction of sp³-hybridized carbons (Fsp3) is 0.500. The molecule has 1 fully saturated rings. The molecule has 0 bridgehead atoms. The minimum absolute atomic E-state index is 0.0141. The topological polar surface area (TPSA) is 86.3 Å². The second-order valence-corrected chi connectivity index (χ2v) is 9.42. The number of likely N-dealkylation sites (N-methyl/N-ethyl adjacent to an activating group) is 1. The number of aromatic nitrogens is 3. The number of carbonyl (C=O) groups is 1. The lowest BCUT2D eigenvalue weighted by Crippen LogP contribution is -2.47.